The summed E-state index contributed by atoms with van der Waals surface area (Å²) in [5, 5.41) is 7.62. The number of hydrogen-bond acceptors (Lipinski definition) is 5. The zero-order valence-electron chi connectivity index (χ0n) is 15.6. The van der Waals surface area contributed by atoms with Crippen molar-refractivity contribution in [2.45, 2.75) is 37.8 Å². The van der Waals surface area contributed by atoms with Gasteiger partial charge in [-0.05, 0) is 37.0 Å². The Balaban J connectivity index is 1.58. The summed E-state index contributed by atoms with van der Waals surface area (Å²) in [6, 6.07) is 4.83. The zero-order chi connectivity index (χ0) is 20.1. The fraction of sp³-hybridized carbons (Fsp3) is 0.444. The van der Waals surface area contributed by atoms with Crippen molar-refractivity contribution in [2.24, 2.45) is 18.8 Å². The van der Waals surface area contributed by atoms with E-state index in [1.165, 1.54) is 0 Å². The van der Waals surface area contributed by atoms with Crippen LogP contribution < -0.4 is 16.6 Å². The largest absolute Gasteiger partial charge is 0.323 e. The number of amides is 3. The molecule has 10 heteroatoms. The number of urea groups is 1. The number of carbonyl (C=O) groups excluding carboxylic acids is 2. The second-order valence-electron chi connectivity index (χ2n) is 7.64. The molecule has 2 saturated heterocycles. The van der Waals surface area contributed by atoms with Crippen molar-refractivity contribution < 1.29 is 9.59 Å². The third-order valence-corrected chi connectivity index (χ3v) is 5.92. The van der Waals surface area contributed by atoms with Gasteiger partial charge in [0.25, 0.3) is 5.91 Å². The van der Waals surface area contributed by atoms with Gasteiger partial charge >= 0.3 is 6.03 Å². The summed E-state index contributed by atoms with van der Waals surface area (Å²) in [5.74, 6) is 5.90. The summed E-state index contributed by atoms with van der Waals surface area (Å²) < 4.78 is 1.58. The fourth-order valence-electron chi connectivity index (χ4n) is 4.52. The second kappa shape index (κ2) is 6.75. The molecule has 3 heterocycles. The molecule has 5 rings (SSSR count). The van der Waals surface area contributed by atoms with Crippen LogP contribution in [0.1, 0.15) is 26.2 Å². The summed E-state index contributed by atoms with van der Waals surface area (Å²) in [6.45, 7) is 2.09. The highest BCUT2D eigenvalue weighted by Gasteiger charge is 2.62. The molecule has 3 fully saturated rings. The molecule has 3 atom stereocenters. The lowest BCUT2D eigenvalue weighted by molar-refractivity contribution is -0.155. The first-order valence-electron chi connectivity index (χ1n) is 9.11. The maximum atomic E-state index is 13.0. The minimum absolute atomic E-state index is 0.0327. The van der Waals surface area contributed by atoms with E-state index >= 15 is 0 Å². The Morgan fingerprint density at radius 2 is 2.14 bits per heavy atom. The Hall–Kier alpha value is -2.65. The van der Waals surface area contributed by atoms with Gasteiger partial charge in [0, 0.05) is 30.8 Å². The first kappa shape index (κ1) is 18.7. The van der Waals surface area contributed by atoms with Gasteiger partial charge in [0.1, 0.15) is 11.9 Å². The normalized spacial score (nSPS) is 25.8. The maximum Gasteiger partial charge on any atom is 0.323 e. The lowest BCUT2D eigenvalue weighted by atomic mass is 9.64. The van der Waals surface area contributed by atoms with Gasteiger partial charge in [0.2, 0.25) is 0 Å². The van der Waals surface area contributed by atoms with Crippen LogP contribution in [-0.4, -0.2) is 43.2 Å². The Bertz CT molecular complexity index is 946. The molecule has 3 amide bonds. The molecule has 3 aliphatic rings. The van der Waals surface area contributed by atoms with E-state index in [0.29, 0.717) is 40.9 Å². The molecule has 0 spiro atoms. The van der Waals surface area contributed by atoms with E-state index in [9.17, 15) is 9.59 Å². The van der Waals surface area contributed by atoms with Gasteiger partial charge in [-0.3, -0.25) is 14.9 Å². The van der Waals surface area contributed by atoms with E-state index in [-0.39, 0.29) is 18.0 Å². The van der Waals surface area contributed by atoms with Crippen LogP contribution in [0, 0.1) is 5.92 Å². The average Bonchev–Trinajstić information content (AvgIpc) is 3.07. The van der Waals surface area contributed by atoms with E-state index in [1.807, 2.05) is 0 Å². The van der Waals surface area contributed by atoms with Crippen molar-refractivity contribution in [3.8, 4) is 11.4 Å². The molecule has 0 radical (unpaired) electrons. The number of rotatable bonds is 3. The Labute approximate surface area is 167 Å². The van der Waals surface area contributed by atoms with Crippen molar-refractivity contribution in [1.82, 2.24) is 25.1 Å². The number of halogens is 1. The number of fused-ring (bicyclic) bond motifs is 2. The SMILES string of the molecule is CC1CC2C[C@](C(=O)NN)(C1)N2C(=O)Nc1ccc(Cl)c(-c2ncn(C)n2)c1. The Kier molecular flexibility index (Phi) is 4.51. The molecule has 28 heavy (non-hydrogen) atoms. The van der Waals surface area contributed by atoms with Gasteiger partial charge in [-0.2, -0.15) is 5.10 Å². The molecule has 2 aliphatic heterocycles. The number of hydrogen-bond donors (Lipinski definition) is 3. The second-order valence-corrected chi connectivity index (χ2v) is 8.05. The predicted molar refractivity (Wildman–Crippen MR) is 104 cm³/mol. The smallest absolute Gasteiger partial charge is 0.308 e. The lowest BCUT2D eigenvalue weighted by Gasteiger charge is -2.61. The van der Waals surface area contributed by atoms with E-state index < -0.39 is 5.54 Å². The van der Waals surface area contributed by atoms with Crippen LogP contribution in [0.2, 0.25) is 5.02 Å². The number of piperidine rings is 1. The highest BCUT2D eigenvalue weighted by atomic mass is 35.5. The summed E-state index contributed by atoms with van der Waals surface area (Å²) in [4.78, 5) is 31.3. The summed E-state index contributed by atoms with van der Waals surface area (Å²) in [5.41, 5.74) is 2.52. The first-order valence-corrected chi connectivity index (χ1v) is 9.49. The van der Waals surface area contributed by atoms with Crippen LogP contribution >= 0.6 is 11.6 Å². The fourth-order valence-corrected chi connectivity index (χ4v) is 4.72. The van der Waals surface area contributed by atoms with Crippen LogP contribution in [0.5, 0.6) is 0 Å². The van der Waals surface area contributed by atoms with E-state index in [4.69, 9.17) is 17.4 Å². The monoisotopic (exact) mass is 403 g/mol. The van der Waals surface area contributed by atoms with Gasteiger partial charge in [-0.1, -0.05) is 18.5 Å². The summed E-state index contributed by atoms with van der Waals surface area (Å²) >= 11 is 6.27. The lowest BCUT2D eigenvalue weighted by Crippen LogP contribution is -2.77. The van der Waals surface area contributed by atoms with Crippen LogP contribution in [-0.2, 0) is 11.8 Å². The topological polar surface area (TPSA) is 118 Å². The van der Waals surface area contributed by atoms with Crippen molar-refractivity contribution in [1.29, 1.82) is 0 Å². The van der Waals surface area contributed by atoms with Gasteiger partial charge in [-0.25, -0.2) is 15.6 Å². The van der Waals surface area contributed by atoms with E-state index in [0.717, 1.165) is 6.42 Å². The molecule has 2 aromatic rings. The summed E-state index contributed by atoms with van der Waals surface area (Å²) in [7, 11) is 1.77. The number of aryl methyl sites for hydroxylation is 1. The number of nitrogens with one attached hydrogen (secondary N) is 2. The zero-order valence-corrected chi connectivity index (χ0v) is 16.4. The third-order valence-electron chi connectivity index (χ3n) is 5.59. The molecule has 4 N–H and O–H groups in total. The molecule has 2 bridgehead atoms. The molecule has 1 aromatic carbocycles. The number of benzene rings is 1. The van der Waals surface area contributed by atoms with Gasteiger partial charge in [-0.15, -0.1) is 0 Å². The number of aromatic nitrogens is 3. The van der Waals surface area contributed by atoms with Gasteiger partial charge in [0.15, 0.2) is 5.82 Å². The average molecular weight is 404 g/mol. The van der Waals surface area contributed by atoms with Crippen molar-refractivity contribution in [3.63, 3.8) is 0 Å². The standard InChI is InChI=1S/C18H22ClN7O2/c1-10-5-12-8-18(7-10,16(27)23-20)26(12)17(28)22-11-3-4-14(19)13(6-11)15-21-9-25(2)24-15/h3-4,6,9-10,12H,5,7-8,20H2,1-2H3,(H,22,28)(H,23,27)/t10?,12?,18-/m0/s1. The molecule has 9 nitrogen and oxygen atoms in total. The minimum atomic E-state index is -0.876. The Morgan fingerprint density at radius 3 is 2.82 bits per heavy atom. The van der Waals surface area contributed by atoms with Crippen LogP contribution in [0.25, 0.3) is 11.4 Å². The predicted octanol–water partition coefficient (Wildman–Crippen LogP) is 1.90. The number of hydrazine groups is 1. The van der Waals surface area contributed by atoms with Gasteiger partial charge in [0.05, 0.1) is 5.02 Å². The highest BCUT2D eigenvalue weighted by molar-refractivity contribution is 6.33. The Morgan fingerprint density at radius 1 is 1.36 bits per heavy atom. The van der Waals surface area contributed by atoms with Crippen molar-refractivity contribution in [2.75, 3.05) is 5.32 Å². The van der Waals surface area contributed by atoms with Gasteiger partial charge < -0.3 is 10.2 Å². The van der Waals surface area contributed by atoms with E-state index in [1.54, 1.807) is 41.2 Å². The van der Waals surface area contributed by atoms with Crippen LogP contribution in [0.4, 0.5) is 10.5 Å². The van der Waals surface area contributed by atoms with Crippen molar-refractivity contribution in [3.05, 3.63) is 29.5 Å². The quantitative estimate of drug-likeness (QED) is 0.411. The number of carbonyl (C=O) groups is 2. The molecule has 1 saturated carbocycles. The first-order chi connectivity index (χ1) is 13.3. The summed E-state index contributed by atoms with van der Waals surface area (Å²) in [6.07, 6.45) is 3.69. The maximum absolute atomic E-state index is 13.0. The van der Waals surface area contributed by atoms with Crippen LogP contribution in [0.15, 0.2) is 24.5 Å². The number of anilines is 1. The minimum Gasteiger partial charge on any atom is -0.308 e. The number of nitrogens with zero attached hydrogens (tertiary/aromatic N) is 4. The molecule has 148 valence electrons. The number of nitrogens with two attached hydrogens (primary N) is 1. The molecule has 2 unspecified atom stereocenters. The van der Waals surface area contributed by atoms with Crippen molar-refractivity contribution >= 4 is 29.2 Å². The van der Waals surface area contributed by atoms with E-state index in [2.05, 4.69) is 27.7 Å². The highest BCUT2D eigenvalue weighted by Crippen LogP contribution is 2.50. The third kappa shape index (κ3) is 2.91. The van der Waals surface area contributed by atoms with Crippen LogP contribution in [0.3, 0.4) is 0 Å². The molecular formula is C18H22ClN7O2. The molecule has 1 aliphatic carbocycles. The molecular weight excluding hydrogens is 382 g/mol. The molecule has 1 aromatic heterocycles.